The largest absolute Gasteiger partial charge is 0.388 e. The molecule has 0 saturated carbocycles. The Hall–Kier alpha value is 0.120. The first-order chi connectivity index (χ1) is 8.93. The SMILES string of the molecule is CCn1nc(C)c(Cl)c1CC(O)c1cc(Br)sc1Br. The van der Waals surface area contributed by atoms with Gasteiger partial charge in [-0.15, -0.1) is 11.3 Å². The highest BCUT2D eigenvalue weighted by Crippen LogP contribution is 2.37. The molecule has 0 saturated heterocycles. The van der Waals surface area contributed by atoms with E-state index in [1.165, 1.54) is 0 Å². The minimum atomic E-state index is -0.601. The molecule has 2 aromatic rings. The highest BCUT2D eigenvalue weighted by Gasteiger charge is 2.20. The van der Waals surface area contributed by atoms with Crippen molar-refractivity contribution in [3.8, 4) is 0 Å². The standard InChI is InChI=1S/C12H13Br2ClN2OS/c1-3-17-8(11(15)6(2)16-17)5-9(18)7-4-10(13)19-12(7)14/h4,9,18H,3,5H2,1-2H3. The summed E-state index contributed by atoms with van der Waals surface area (Å²) in [5.41, 5.74) is 2.55. The molecule has 0 aliphatic carbocycles. The number of hydrogen-bond acceptors (Lipinski definition) is 3. The number of nitrogens with zero attached hydrogens (tertiary/aromatic N) is 2. The van der Waals surface area contributed by atoms with Crippen molar-refractivity contribution >= 4 is 54.8 Å². The average Bonchev–Trinajstić information content (AvgIpc) is 2.83. The van der Waals surface area contributed by atoms with Gasteiger partial charge in [-0.3, -0.25) is 4.68 Å². The van der Waals surface area contributed by atoms with Crippen LogP contribution in [-0.4, -0.2) is 14.9 Å². The van der Waals surface area contributed by atoms with E-state index in [-0.39, 0.29) is 0 Å². The number of hydrogen-bond donors (Lipinski definition) is 1. The maximum absolute atomic E-state index is 10.4. The Balaban J connectivity index is 2.28. The van der Waals surface area contributed by atoms with E-state index in [1.807, 2.05) is 24.6 Å². The first-order valence-corrected chi connectivity index (χ1v) is 8.56. The molecule has 19 heavy (non-hydrogen) atoms. The summed E-state index contributed by atoms with van der Waals surface area (Å²) >= 11 is 14.7. The first-order valence-electron chi connectivity index (χ1n) is 5.78. The molecule has 0 bridgehead atoms. The van der Waals surface area contributed by atoms with Crippen LogP contribution < -0.4 is 0 Å². The maximum Gasteiger partial charge on any atom is 0.0865 e. The summed E-state index contributed by atoms with van der Waals surface area (Å²) in [6, 6.07) is 1.92. The monoisotopic (exact) mass is 426 g/mol. The molecule has 2 aromatic heterocycles. The zero-order chi connectivity index (χ0) is 14.2. The van der Waals surface area contributed by atoms with Gasteiger partial charge in [0.05, 0.1) is 30.1 Å². The van der Waals surface area contributed by atoms with Gasteiger partial charge in [-0.25, -0.2) is 0 Å². The van der Waals surface area contributed by atoms with E-state index in [2.05, 4.69) is 37.0 Å². The topological polar surface area (TPSA) is 38.0 Å². The van der Waals surface area contributed by atoms with E-state index >= 15 is 0 Å². The second-order valence-electron chi connectivity index (χ2n) is 4.16. The molecule has 1 atom stereocenters. The molecule has 7 heteroatoms. The Morgan fingerprint density at radius 2 is 2.21 bits per heavy atom. The Morgan fingerprint density at radius 1 is 1.53 bits per heavy atom. The van der Waals surface area contributed by atoms with Crippen molar-refractivity contribution in [2.24, 2.45) is 0 Å². The summed E-state index contributed by atoms with van der Waals surface area (Å²) in [7, 11) is 0. The van der Waals surface area contributed by atoms with E-state index in [1.54, 1.807) is 11.3 Å². The minimum Gasteiger partial charge on any atom is -0.388 e. The second kappa shape index (κ2) is 6.26. The van der Waals surface area contributed by atoms with Gasteiger partial charge in [-0.05, 0) is 51.8 Å². The Morgan fingerprint density at radius 3 is 2.74 bits per heavy atom. The summed E-state index contributed by atoms with van der Waals surface area (Å²) in [5, 5.41) is 15.4. The smallest absolute Gasteiger partial charge is 0.0865 e. The highest BCUT2D eigenvalue weighted by atomic mass is 79.9. The van der Waals surface area contributed by atoms with Gasteiger partial charge in [0.15, 0.2) is 0 Å². The summed E-state index contributed by atoms with van der Waals surface area (Å²) in [6.45, 7) is 4.63. The van der Waals surface area contributed by atoms with Crippen LogP contribution in [0.3, 0.4) is 0 Å². The van der Waals surface area contributed by atoms with Crippen LogP contribution in [0.2, 0.25) is 5.02 Å². The molecule has 0 spiro atoms. The lowest BCUT2D eigenvalue weighted by Gasteiger charge is -2.11. The van der Waals surface area contributed by atoms with Crippen LogP contribution in [0.4, 0.5) is 0 Å². The zero-order valence-corrected chi connectivity index (χ0v) is 15.2. The Labute approximate surface area is 137 Å². The van der Waals surface area contributed by atoms with Gasteiger partial charge < -0.3 is 5.11 Å². The summed E-state index contributed by atoms with van der Waals surface area (Å²) in [6.07, 6.45) is -0.147. The fourth-order valence-corrected chi connectivity index (χ4v) is 5.11. The van der Waals surface area contributed by atoms with Gasteiger partial charge in [-0.1, -0.05) is 11.6 Å². The van der Waals surface area contributed by atoms with E-state index in [4.69, 9.17) is 11.6 Å². The van der Waals surface area contributed by atoms with Crippen molar-refractivity contribution in [2.75, 3.05) is 0 Å². The molecule has 2 rings (SSSR count). The molecule has 104 valence electrons. The van der Waals surface area contributed by atoms with Crippen molar-refractivity contribution in [1.29, 1.82) is 0 Å². The van der Waals surface area contributed by atoms with Gasteiger partial charge in [0.1, 0.15) is 0 Å². The molecule has 1 unspecified atom stereocenters. The molecule has 3 nitrogen and oxygen atoms in total. The van der Waals surface area contributed by atoms with Crippen molar-refractivity contribution in [2.45, 2.75) is 32.9 Å². The lowest BCUT2D eigenvalue weighted by Crippen LogP contribution is -2.08. The normalized spacial score (nSPS) is 12.9. The summed E-state index contributed by atoms with van der Waals surface area (Å²) in [5.74, 6) is 0. The van der Waals surface area contributed by atoms with Crippen molar-refractivity contribution in [1.82, 2.24) is 9.78 Å². The molecule has 0 fully saturated rings. The summed E-state index contributed by atoms with van der Waals surface area (Å²) in [4.78, 5) is 0. The Kier molecular flexibility index (Phi) is 5.11. The molecule has 0 aliphatic rings. The predicted molar refractivity (Wildman–Crippen MR) is 86.0 cm³/mol. The van der Waals surface area contributed by atoms with Crippen molar-refractivity contribution in [3.05, 3.63) is 35.6 Å². The summed E-state index contributed by atoms with van der Waals surface area (Å²) < 4.78 is 3.76. The second-order valence-corrected chi connectivity index (χ2v) is 8.29. The van der Waals surface area contributed by atoms with Gasteiger partial charge in [0.2, 0.25) is 0 Å². The number of rotatable bonds is 4. The van der Waals surface area contributed by atoms with Crippen LogP contribution in [0.25, 0.3) is 0 Å². The zero-order valence-electron chi connectivity index (χ0n) is 10.5. The number of aromatic nitrogens is 2. The molecule has 0 aliphatic heterocycles. The third-order valence-electron chi connectivity index (χ3n) is 2.88. The maximum atomic E-state index is 10.4. The number of halogens is 3. The first kappa shape index (κ1) is 15.5. The van der Waals surface area contributed by atoms with Crippen LogP contribution >= 0.6 is 54.8 Å². The average molecular weight is 429 g/mol. The molecular formula is C12H13Br2ClN2OS. The molecule has 2 heterocycles. The van der Waals surface area contributed by atoms with Crippen molar-refractivity contribution in [3.63, 3.8) is 0 Å². The number of aliphatic hydroxyl groups excluding tert-OH is 1. The van der Waals surface area contributed by atoms with Gasteiger partial charge in [0, 0.05) is 18.5 Å². The molecule has 0 amide bonds. The quantitative estimate of drug-likeness (QED) is 0.765. The van der Waals surface area contributed by atoms with Crippen LogP contribution in [0.5, 0.6) is 0 Å². The van der Waals surface area contributed by atoms with Gasteiger partial charge in [0.25, 0.3) is 0 Å². The highest BCUT2D eigenvalue weighted by molar-refractivity contribution is 9.12. The fourth-order valence-electron chi connectivity index (χ4n) is 1.94. The van der Waals surface area contributed by atoms with Crippen LogP contribution in [0.1, 0.15) is 30.0 Å². The number of aryl methyl sites for hydroxylation is 2. The molecular weight excluding hydrogens is 415 g/mol. The third kappa shape index (κ3) is 3.24. The van der Waals surface area contributed by atoms with E-state index in [9.17, 15) is 5.11 Å². The molecule has 0 radical (unpaired) electrons. The number of aliphatic hydroxyl groups is 1. The third-order valence-corrected chi connectivity index (χ3v) is 5.76. The van der Waals surface area contributed by atoms with E-state index in [0.29, 0.717) is 11.4 Å². The lowest BCUT2D eigenvalue weighted by atomic mass is 10.1. The number of thiophene rings is 1. The van der Waals surface area contributed by atoms with Gasteiger partial charge >= 0.3 is 0 Å². The van der Waals surface area contributed by atoms with E-state index < -0.39 is 6.10 Å². The van der Waals surface area contributed by atoms with Gasteiger partial charge in [-0.2, -0.15) is 5.10 Å². The van der Waals surface area contributed by atoms with E-state index in [0.717, 1.165) is 31.1 Å². The minimum absolute atomic E-state index is 0.454. The van der Waals surface area contributed by atoms with Crippen LogP contribution in [-0.2, 0) is 13.0 Å². The molecule has 0 aromatic carbocycles. The van der Waals surface area contributed by atoms with Crippen LogP contribution in [0, 0.1) is 6.92 Å². The fraction of sp³-hybridized carbons (Fsp3) is 0.417. The molecule has 1 N–H and O–H groups in total. The lowest BCUT2D eigenvalue weighted by molar-refractivity contribution is 0.175. The van der Waals surface area contributed by atoms with Crippen molar-refractivity contribution < 1.29 is 5.11 Å². The Bertz CT molecular complexity index is 597. The predicted octanol–water partition coefficient (Wildman–Crippen LogP) is 4.73. The van der Waals surface area contributed by atoms with Crippen LogP contribution in [0.15, 0.2) is 13.6 Å².